The minimum Gasteiger partial charge on any atom is -0.312 e. The smallest absolute Gasteiger partial charge is 0.312 e. The largest absolute Gasteiger partial charge is 0.324 e. The molecule has 1 aromatic carbocycles. The van der Waals surface area contributed by atoms with Crippen LogP contribution in [0.25, 0.3) is 0 Å². The number of nitrogens with zero attached hydrogens (tertiary/aromatic N) is 2. The molecule has 0 unspecified atom stereocenters. The molecule has 0 atom stereocenters. The van der Waals surface area contributed by atoms with Gasteiger partial charge in [-0.15, -0.1) is 0 Å². The van der Waals surface area contributed by atoms with Gasteiger partial charge in [-0.05, 0) is 19.1 Å². The van der Waals surface area contributed by atoms with Crippen molar-refractivity contribution in [3.8, 4) is 0 Å². The van der Waals surface area contributed by atoms with Crippen molar-refractivity contribution in [2.75, 3.05) is 17.2 Å². The summed E-state index contributed by atoms with van der Waals surface area (Å²) in [5.41, 5.74) is 4.06. The number of hydrogen-bond donors (Lipinski definition) is 3. The maximum atomic E-state index is 12.1. The van der Waals surface area contributed by atoms with Crippen molar-refractivity contribution in [3.05, 3.63) is 41.1 Å². The third kappa shape index (κ3) is 2.90. The van der Waals surface area contributed by atoms with E-state index >= 15 is 0 Å². The first-order valence-corrected chi connectivity index (χ1v) is 7.03. The summed E-state index contributed by atoms with van der Waals surface area (Å²) in [6.45, 7) is 3.68. The highest BCUT2D eigenvalue weighted by Gasteiger charge is 2.20. The molecule has 0 spiro atoms. The standard InChI is InChI=1S/C15H19N5O/c1-10-3-5-11(6-4-10)17-15(21)18-14-12-9-16-8-7-13(12)19-20(14)2/h3-6,16H,7-9H2,1-2H3,(H2,17,18,21). The SMILES string of the molecule is Cc1ccc(NC(=O)Nc2c3c(nn2C)CCNC3)cc1. The average Bonchev–Trinajstić information content (AvgIpc) is 2.78. The number of amides is 2. The second-order valence-corrected chi connectivity index (χ2v) is 5.27. The summed E-state index contributed by atoms with van der Waals surface area (Å²) in [6, 6.07) is 7.44. The van der Waals surface area contributed by atoms with Crippen LogP contribution < -0.4 is 16.0 Å². The van der Waals surface area contributed by atoms with Gasteiger partial charge in [-0.3, -0.25) is 10.00 Å². The monoisotopic (exact) mass is 285 g/mol. The summed E-state index contributed by atoms with van der Waals surface area (Å²) in [5.74, 6) is 0.752. The Kier molecular flexibility index (Phi) is 3.62. The van der Waals surface area contributed by atoms with Gasteiger partial charge in [0.15, 0.2) is 0 Å². The number of aryl methyl sites for hydroxylation is 2. The van der Waals surface area contributed by atoms with Crippen LogP contribution in [-0.4, -0.2) is 22.4 Å². The number of fused-ring (bicyclic) bond motifs is 1. The second-order valence-electron chi connectivity index (χ2n) is 5.27. The van der Waals surface area contributed by atoms with Crippen LogP contribution in [0, 0.1) is 6.92 Å². The third-order valence-electron chi connectivity index (χ3n) is 3.61. The van der Waals surface area contributed by atoms with Gasteiger partial charge in [0.1, 0.15) is 5.82 Å². The number of aromatic nitrogens is 2. The number of urea groups is 1. The fourth-order valence-corrected chi connectivity index (χ4v) is 2.49. The van der Waals surface area contributed by atoms with E-state index in [1.165, 1.54) is 0 Å². The first-order chi connectivity index (χ1) is 10.1. The molecule has 6 heteroatoms. The molecule has 0 aliphatic carbocycles. The van der Waals surface area contributed by atoms with Crippen LogP contribution in [0.5, 0.6) is 0 Å². The molecule has 110 valence electrons. The molecule has 2 aromatic rings. The lowest BCUT2D eigenvalue weighted by molar-refractivity contribution is 0.262. The molecule has 0 fully saturated rings. The van der Waals surface area contributed by atoms with E-state index in [0.717, 1.165) is 47.8 Å². The second kappa shape index (κ2) is 5.57. The molecule has 2 amide bonds. The summed E-state index contributed by atoms with van der Waals surface area (Å²) in [5, 5.41) is 13.5. The van der Waals surface area contributed by atoms with Crippen molar-refractivity contribution >= 4 is 17.5 Å². The van der Waals surface area contributed by atoms with E-state index in [2.05, 4.69) is 21.0 Å². The van der Waals surface area contributed by atoms with Crippen LogP contribution in [0.1, 0.15) is 16.8 Å². The van der Waals surface area contributed by atoms with Crippen LogP contribution in [0.15, 0.2) is 24.3 Å². The van der Waals surface area contributed by atoms with Crippen molar-refractivity contribution in [1.29, 1.82) is 0 Å². The Bertz CT molecular complexity index is 659. The van der Waals surface area contributed by atoms with Crippen molar-refractivity contribution in [3.63, 3.8) is 0 Å². The molecule has 0 saturated heterocycles. The Labute approximate surface area is 123 Å². The lowest BCUT2D eigenvalue weighted by Crippen LogP contribution is -2.25. The lowest BCUT2D eigenvalue weighted by Gasteiger charge is -2.14. The predicted octanol–water partition coefficient (Wildman–Crippen LogP) is 2.02. The van der Waals surface area contributed by atoms with Gasteiger partial charge in [0, 0.05) is 37.8 Å². The summed E-state index contributed by atoms with van der Waals surface area (Å²) >= 11 is 0. The number of carbonyl (C=O) groups excluding carboxylic acids is 1. The number of carbonyl (C=O) groups is 1. The van der Waals surface area contributed by atoms with Crippen LogP contribution in [0.4, 0.5) is 16.3 Å². The van der Waals surface area contributed by atoms with E-state index in [9.17, 15) is 4.79 Å². The summed E-state index contributed by atoms with van der Waals surface area (Å²) in [7, 11) is 1.85. The molecule has 3 rings (SSSR count). The Hall–Kier alpha value is -2.34. The van der Waals surface area contributed by atoms with Gasteiger partial charge in [-0.2, -0.15) is 5.10 Å². The molecule has 3 N–H and O–H groups in total. The van der Waals surface area contributed by atoms with E-state index in [1.54, 1.807) is 4.68 Å². The van der Waals surface area contributed by atoms with Crippen LogP contribution in [-0.2, 0) is 20.0 Å². The zero-order chi connectivity index (χ0) is 14.8. The van der Waals surface area contributed by atoms with Crippen molar-refractivity contribution in [1.82, 2.24) is 15.1 Å². The lowest BCUT2D eigenvalue weighted by atomic mass is 10.1. The zero-order valence-corrected chi connectivity index (χ0v) is 12.2. The Morgan fingerprint density at radius 1 is 1.29 bits per heavy atom. The van der Waals surface area contributed by atoms with Gasteiger partial charge in [0.05, 0.1) is 5.69 Å². The maximum absolute atomic E-state index is 12.1. The first kappa shape index (κ1) is 13.6. The van der Waals surface area contributed by atoms with E-state index < -0.39 is 0 Å². The summed E-state index contributed by atoms with van der Waals surface area (Å²) in [4.78, 5) is 12.1. The normalized spacial score (nSPS) is 13.6. The number of rotatable bonds is 2. The van der Waals surface area contributed by atoms with Gasteiger partial charge in [-0.1, -0.05) is 17.7 Å². The molecule has 0 saturated carbocycles. The molecule has 2 heterocycles. The van der Waals surface area contributed by atoms with Gasteiger partial charge < -0.3 is 10.6 Å². The topological polar surface area (TPSA) is 71.0 Å². The Morgan fingerprint density at radius 3 is 2.81 bits per heavy atom. The first-order valence-electron chi connectivity index (χ1n) is 7.03. The molecule has 0 bridgehead atoms. The minimum atomic E-state index is -0.254. The molecule has 1 aromatic heterocycles. The highest BCUT2D eigenvalue weighted by molar-refractivity contribution is 5.99. The minimum absolute atomic E-state index is 0.254. The highest BCUT2D eigenvalue weighted by atomic mass is 16.2. The molecule has 6 nitrogen and oxygen atoms in total. The molecular weight excluding hydrogens is 266 g/mol. The predicted molar refractivity (Wildman–Crippen MR) is 82.4 cm³/mol. The molecular formula is C15H19N5O. The van der Waals surface area contributed by atoms with Crippen LogP contribution >= 0.6 is 0 Å². The van der Waals surface area contributed by atoms with Gasteiger partial charge in [0.25, 0.3) is 0 Å². The number of benzene rings is 1. The third-order valence-corrected chi connectivity index (χ3v) is 3.61. The molecule has 1 aliphatic rings. The molecule has 0 radical (unpaired) electrons. The van der Waals surface area contributed by atoms with Crippen LogP contribution in [0.3, 0.4) is 0 Å². The fraction of sp³-hybridized carbons (Fsp3) is 0.333. The van der Waals surface area contributed by atoms with Crippen molar-refractivity contribution in [2.24, 2.45) is 7.05 Å². The molecule has 21 heavy (non-hydrogen) atoms. The zero-order valence-electron chi connectivity index (χ0n) is 12.2. The van der Waals surface area contributed by atoms with Crippen LogP contribution in [0.2, 0.25) is 0 Å². The summed E-state index contributed by atoms with van der Waals surface area (Å²) in [6.07, 6.45) is 0.893. The van der Waals surface area contributed by atoms with E-state index in [1.807, 2.05) is 38.2 Å². The van der Waals surface area contributed by atoms with Gasteiger partial charge in [-0.25, -0.2) is 4.79 Å². The fourth-order valence-electron chi connectivity index (χ4n) is 2.49. The Balaban J connectivity index is 1.73. The number of hydrogen-bond acceptors (Lipinski definition) is 3. The van der Waals surface area contributed by atoms with Crippen molar-refractivity contribution < 1.29 is 4.79 Å². The highest BCUT2D eigenvalue weighted by Crippen LogP contribution is 2.22. The van der Waals surface area contributed by atoms with E-state index in [-0.39, 0.29) is 6.03 Å². The van der Waals surface area contributed by atoms with E-state index in [0.29, 0.717) is 0 Å². The van der Waals surface area contributed by atoms with Gasteiger partial charge in [0.2, 0.25) is 0 Å². The number of nitrogens with one attached hydrogen (secondary N) is 3. The van der Waals surface area contributed by atoms with E-state index in [4.69, 9.17) is 0 Å². The average molecular weight is 285 g/mol. The quantitative estimate of drug-likeness (QED) is 0.790. The maximum Gasteiger partial charge on any atom is 0.324 e. The summed E-state index contributed by atoms with van der Waals surface area (Å²) < 4.78 is 1.73. The Morgan fingerprint density at radius 2 is 2.05 bits per heavy atom. The van der Waals surface area contributed by atoms with Crippen molar-refractivity contribution in [2.45, 2.75) is 19.9 Å². The molecule has 1 aliphatic heterocycles. The van der Waals surface area contributed by atoms with Gasteiger partial charge >= 0.3 is 6.03 Å². The number of anilines is 2.